The lowest BCUT2D eigenvalue weighted by Gasteiger charge is -2.27. The van der Waals surface area contributed by atoms with Gasteiger partial charge < -0.3 is 14.4 Å². The van der Waals surface area contributed by atoms with E-state index < -0.39 is 6.10 Å². The summed E-state index contributed by atoms with van der Waals surface area (Å²) in [6.07, 6.45) is 0.0949. The highest BCUT2D eigenvalue weighted by Crippen LogP contribution is 2.20. The predicted molar refractivity (Wildman–Crippen MR) is 109 cm³/mol. The molecule has 5 heteroatoms. The zero-order valence-corrected chi connectivity index (χ0v) is 16.9. The fourth-order valence-corrected chi connectivity index (χ4v) is 2.88. The van der Waals surface area contributed by atoms with Gasteiger partial charge in [0.05, 0.1) is 13.0 Å². The summed E-state index contributed by atoms with van der Waals surface area (Å²) in [7, 11) is 0. The van der Waals surface area contributed by atoms with Crippen molar-refractivity contribution in [2.45, 2.75) is 46.3 Å². The molecule has 150 valence electrons. The van der Waals surface area contributed by atoms with E-state index in [1.54, 1.807) is 11.8 Å². The minimum Gasteiger partial charge on any atom is -0.480 e. The lowest BCUT2D eigenvalue weighted by atomic mass is 10.1. The number of hydrogen-bond acceptors (Lipinski definition) is 4. The van der Waals surface area contributed by atoms with Crippen molar-refractivity contribution in [3.05, 3.63) is 65.7 Å². The van der Waals surface area contributed by atoms with E-state index in [9.17, 15) is 9.59 Å². The highest BCUT2D eigenvalue weighted by atomic mass is 16.5. The van der Waals surface area contributed by atoms with Crippen molar-refractivity contribution in [2.75, 3.05) is 13.2 Å². The minimum absolute atomic E-state index is 0.126. The summed E-state index contributed by atoms with van der Waals surface area (Å²) < 4.78 is 11.0. The smallest absolute Gasteiger partial charge is 0.307 e. The van der Waals surface area contributed by atoms with Crippen molar-refractivity contribution in [1.82, 2.24) is 4.90 Å². The fourth-order valence-electron chi connectivity index (χ4n) is 2.88. The van der Waals surface area contributed by atoms with Crippen molar-refractivity contribution in [3.8, 4) is 5.75 Å². The molecule has 0 aromatic heterocycles. The van der Waals surface area contributed by atoms with Crippen LogP contribution in [0.25, 0.3) is 0 Å². The Balaban J connectivity index is 2.14. The quantitative estimate of drug-likeness (QED) is 0.579. The molecule has 0 aliphatic rings. The Bertz CT molecular complexity index is 760. The molecule has 0 saturated carbocycles. The molecule has 28 heavy (non-hydrogen) atoms. The number of benzene rings is 2. The van der Waals surface area contributed by atoms with Gasteiger partial charge in [-0.25, -0.2) is 0 Å². The number of carbonyl (C=O) groups is 2. The average Bonchev–Trinajstić information content (AvgIpc) is 2.71. The second-order valence-electron chi connectivity index (χ2n) is 6.58. The Morgan fingerprint density at radius 3 is 2.32 bits per heavy atom. The molecule has 0 heterocycles. The number of aryl methyl sites for hydroxylation is 1. The van der Waals surface area contributed by atoms with Crippen LogP contribution in [0.15, 0.2) is 54.6 Å². The minimum atomic E-state index is -0.605. The number of ether oxygens (including phenoxy) is 2. The zero-order chi connectivity index (χ0) is 20.4. The highest BCUT2D eigenvalue weighted by Gasteiger charge is 2.26. The van der Waals surface area contributed by atoms with E-state index in [4.69, 9.17) is 9.47 Å². The molecule has 1 unspecified atom stereocenters. The Labute approximate surface area is 167 Å². The van der Waals surface area contributed by atoms with E-state index in [-0.39, 0.29) is 18.3 Å². The van der Waals surface area contributed by atoms with Gasteiger partial charge in [0, 0.05) is 13.1 Å². The third-order valence-electron chi connectivity index (χ3n) is 4.43. The van der Waals surface area contributed by atoms with Gasteiger partial charge >= 0.3 is 5.97 Å². The zero-order valence-electron chi connectivity index (χ0n) is 16.9. The van der Waals surface area contributed by atoms with Crippen molar-refractivity contribution in [3.63, 3.8) is 0 Å². The molecule has 0 aliphatic carbocycles. The van der Waals surface area contributed by atoms with Crippen molar-refractivity contribution in [1.29, 1.82) is 0 Å². The monoisotopic (exact) mass is 383 g/mol. The number of nitrogens with zero attached hydrogens (tertiary/aromatic N) is 1. The number of para-hydroxylation sites is 1. The van der Waals surface area contributed by atoms with Crippen LogP contribution in [0.5, 0.6) is 5.75 Å². The standard InChI is InChI=1S/C23H29NO4/c1-4-20(28-21-14-10-9-11-18(21)3)23(26)24(16-15-22(25)27-5-2)17-19-12-7-6-8-13-19/h6-14,20H,4-5,15-17H2,1-3H3. The summed E-state index contributed by atoms with van der Waals surface area (Å²) in [4.78, 5) is 26.7. The van der Waals surface area contributed by atoms with Crippen LogP contribution >= 0.6 is 0 Å². The van der Waals surface area contributed by atoms with E-state index >= 15 is 0 Å². The lowest BCUT2D eigenvalue weighted by Crippen LogP contribution is -2.42. The summed E-state index contributed by atoms with van der Waals surface area (Å²) in [5.41, 5.74) is 1.99. The normalized spacial score (nSPS) is 11.5. The highest BCUT2D eigenvalue weighted by molar-refractivity contribution is 5.82. The van der Waals surface area contributed by atoms with Crippen LogP contribution in [0.4, 0.5) is 0 Å². The van der Waals surface area contributed by atoms with E-state index in [0.717, 1.165) is 11.1 Å². The molecule has 2 aromatic rings. The molecule has 5 nitrogen and oxygen atoms in total. The summed E-state index contributed by atoms with van der Waals surface area (Å²) in [6.45, 7) is 6.70. The van der Waals surface area contributed by atoms with Crippen molar-refractivity contribution >= 4 is 11.9 Å². The Morgan fingerprint density at radius 1 is 1.00 bits per heavy atom. The summed E-state index contributed by atoms with van der Waals surface area (Å²) in [5, 5.41) is 0. The molecule has 0 bridgehead atoms. The molecule has 2 rings (SSSR count). The first-order valence-electron chi connectivity index (χ1n) is 9.75. The average molecular weight is 383 g/mol. The third kappa shape index (κ3) is 6.41. The second kappa shape index (κ2) is 11.1. The molecule has 1 amide bonds. The molecule has 2 aromatic carbocycles. The van der Waals surface area contributed by atoms with E-state index in [0.29, 0.717) is 31.9 Å². The summed E-state index contributed by atoms with van der Waals surface area (Å²) >= 11 is 0. The topological polar surface area (TPSA) is 55.8 Å². The molecular weight excluding hydrogens is 354 g/mol. The molecule has 0 N–H and O–H groups in total. The van der Waals surface area contributed by atoms with Crippen LogP contribution in [0, 0.1) is 6.92 Å². The van der Waals surface area contributed by atoms with Gasteiger partial charge in [-0.2, -0.15) is 0 Å². The first-order chi connectivity index (χ1) is 13.5. The van der Waals surface area contributed by atoms with Gasteiger partial charge in [-0.1, -0.05) is 55.5 Å². The first kappa shape index (κ1) is 21.5. The number of hydrogen-bond donors (Lipinski definition) is 0. The van der Waals surface area contributed by atoms with Gasteiger partial charge in [0.25, 0.3) is 5.91 Å². The molecule has 0 spiro atoms. The molecule has 1 atom stereocenters. The number of rotatable bonds is 10. The van der Waals surface area contributed by atoms with Crippen LogP contribution in [0.3, 0.4) is 0 Å². The Hall–Kier alpha value is -2.82. The molecule has 0 fully saturated rings. The molecular formula is C23H29NO4. The number of carbonyl (C=O) groups excluding carboxylic acids is 2. The Morgan fingerprint density at radius 2 is 1.68 bits per heavy atom. The van der Waals surface area contributed by atoms with Gasteiger partial charge in [0.15, 0.2) is 6.10 Å². The van der Waals surface area contributed by atoms with E-state index in [1.165, 1.54) is 0 Å². The fraction of sp³-hybridized carbons (Fsp3) is 0.391. The van der Waals surface area contributed by atoms with Crippen LogP contribution in [-0.2, 0) is 20.9 Å². The SMILES string of the molecule is CCOC(=O)CCN(Cc1ccccc1)C(=O)C(CC)Oc1ccccc1C. The van der Waals surface area contributed by atoms with Crippen LogP contribution in [0.1, 0.15) is 37.8 Å². The maximum Gasteiger partial charge on any atom is 0.307 e. The Kier molecular flexibility index (Phi) is 8.53. The molecule has 0 saturated heterocycles. The first-order valence-corrected chi connectivity index (χ1v) is 9.75. The van der Waals surface area contributed by atoms with Crippen molar-refractivity contribution in [2.24, 2.45) is 0 Å². The number of esters is 1. The van der Waals surface area contributed by atoms with Gasteiger partial charge in [-0.15, -0.1) is 0 Å². The van der Waals surface area contributed by atoms with E-state index in [2.05, 4.69) is 0 Å². The largest absolute Gasteiger partial charge is 0.480 e. The van der Waals surface area contributed by atoms with Crippen LogP contribution in [-0.4, -0.2) is 36.0 Å². The van der Waals surface area contributed by atoms with Crippen molar-refractivity contribution < 1.29 is 19.1 Å². The second-order valence-corrected chi connectivity index (χ2v) is 6.58. The number of amides is 1. The van der Waals surface area contributed by atoms with Gasteiger partial charge in [0.2, 0.25) is 0 Å². The summed E-state index contributed by atoms with van der Waals surface area (Å²) in [6, 6.07) is 17.4. The molecule has 0 aliphatic heterocycles. The van der Waals surface area contributed by atoms with Gasteiger partial charge in [0.1, 0.15) is 5.75 Å². The maximum absolute atomic E-state index is 13.2. The van der Waals surface area contributed by atoms with Gasteiger partial charge in [-0.3, -0.25) is 9.59 Å². The predicted octanol–water partition coefficient (Wildman–Crippen LogP) is 4.13. The maximum atomic E-state index is 13.2. The van der Waals surface area contributed by atoms with E-state index in [1.807, 2.05) is 68.4 Å². The lowest BCUT2D eigenvalue weighted by molar-refractivity contribution is -0.145. The molecule has 0 radical (unpaired) electrons. The van der Waals surface area contributed by atoms with Gasteiger partial charge in [-0.05, 0) is 37.5 Å². The summed E-state index contributed by atoms with van der Waals surface area (Å²) in [5.74, 6) is 0.271. The third-order valence-corrected chi connectivity index (χ3v) is 4.43. The van der Waals surface area contributed by atoms with Crippen LogP contribution < -0.4 is 4.74 Å². The van der Waals surface area contributed by atoms with Crippen LogP contribution in [0.2, 0.25) is 0 Å².